The monoisotopic (exact) mass is 285 g/mol. The smallest absolute Gasteiger partial charge is 0.119 e. The number of benzene rings is 2. The van der Waals surface area contributed by atoms with Gasteiger partial charge in [0.2, 0.25) is 0 Å². The molecule has 0 amide bonds. The first-order valence-corrected chi connectivity index (χ1v) is 7.24. The molecule has 3 nitrogen and oxygen atoms in total. The van der Waals surface area contributed by atoms with Crippen molar-refractivity contribution in [2.24, 2.45) is 5.73 Å². The molecule has 0 saturated heterocycles. The molecule has 3 heteroatoms. The van der Waals surface area contributed by atoms with Crippen molar-refractivity contribution in [2.75, 3.05) is 13.2 Å². The Balaban J connectivity index is 1.85. The Morgan fingerprint density at radius 3 is 2.24 bits per heavy atom. The van der Waals surface area contributed by atoms with Gasteiger partial charge in [-0.2, -0.15) is 0 Å². The second-order valence-corrected chi connectivity index (χ2v) is 5.72. The number of hydrogen-bond donors (Lipinski definition) is 2. The van der Waals surface area contributed by atoms with Gasteiger partial charge in [-0.3, -0.25) is 0 Å². The highest BCUT2D eigenvalue weighted by Crippen LogP contribution is 2.16. The number of rotatable bonds is 7. The first-order valence-electron chi connectivity index (χ1n) is 7.24. The Hall–Kier alpha value is -1.84. The van der Waals surface area contributed by atoms with E-state index in [-0.39, 0.29) is 6.61 Å². The SMILES string of the molecule is CC(N)(CO)CCOc1ccc(Cc2ccccc2)cc1. The summed E-state index contributed by atoms with van der Waals surface area (Å²) in [6.07, 6.45) is 1.54. The predicted octanol–water partition coefficient (Wildman–Crippen LogP) is 2.76. The van der Waals surface area contributed by atoms with Crippen LogP contribution in [-0.2, 0) is 6.42 Å². The minimum atomic E-state index is -0.576. The van der Waals surface area contributed by atoms with Crippen molar-refractivity contribution in [1.82, 2.24) is 0 Å². The molecule has 0 aliphatic carbocycles. The van der Waals surface area contributed by atoms with E-state index in [0.717, 1.165) is 12.2 Å². The maximum absolute atomic E-state index is 9.09. The minimum Gasteiger partial charge on any atom is -0.494 e. The highest BCUT2D eigenvalue weighted by molar-refractivity contribution is 5.31. The Bertz CT molecular complexity index is 535. The van der Waals surface area contributed by atoms with E-state index < -0.39 is 5.54 Å². The van der Waals surface area contributed by atoms with Crippen LogP contribution >= 0.6 is 0 Å². The van der Waals surface area contributed by atoms with E-state index in [1.165, 1.54) is 11.1 Å². The molecule has 1 atom stereocenters. The first kappa shape index (κ1) is 15.5. The predicted molar refractivity (Wildman–Crippen MR) is 85.5 cm³/mol. The van der Waals surface area contributed by atoms with Gasteiger partial charge >= 0.3 is 0 Å². The van der Waals surface area contributed by atoms with Gasteiger partial charge in [0.05, 0.1) is 13.2 Å². The largest absolute Gasteiger partial charge is 0.494 e. The van der Waals surface area contributed by atoms with Crippen molar-refractivity contribution in [2.45, 2.75) is 25.3 Å². The van der Waals surface area contributed by atoms with Gasteiger partial charge in [0, 0.05) is 12.0 Å². The quantitative estimate of drug-likeness (QED) is 0.822. The zero-order chi connectivity index (χ0) is 15.1. The van der Waals surface area contributed by atoms with E-state index >= 15 is 0 Å². The van der Waals surface area contributed by atoms with Crippen LogP contribution in [0.4, 0.5) is 0 Å². The molecule has 0 radical (unpaired) electrons. The molecule has 2 aromatic carbocycles. The average Bonchev–Trinajstić information content (AvgIpc) is 2.50. The van der Waals surface area contributed by atoms with E-state index in [1.54, 1.807) is 0 Å². The zero-order valence-corrected chi connectivity index (χ0v) is 12.5. The molecular weight excluding hydrogens is 262 g/mol. The molecule has 2 aromatic rings. The molecule has 21 heavy (non-hydrogen) atoms. The van der Waals surface area contributed by atoms with Crippen molar-refractivity contribution >= 4 is 0 Å². The second kappa shape index (κ2) is 7.25. The number of ether oxygens (including phenoxy) is 1. The lowest BCUT2D eigenvalue weighted by molar-refractivity contribution is 0.175. The molecule has 3 N–H and O–H groups in total. The average molecular weight is 285 g/mol. The normalized spacial score (nSPS) is 13.7. The Morgan fingerprint density at radius 2 is 1.62 bits per heavy atom. The van der Waals surface area contributed by atoms with Crippen molar-refractivity contribution in [3.8, 4) is 5.75 Å². The maximum Gasteiger partial charge on any atom is 0.119 e. The maximum atomic E-state index is 9.09. The molecule has 112 valence electrons. The fourth-order valence-corrected chi connectivity index (χ4v) is 2.02. The van der Waals surface area contributed by atoms with Crippen LogP contribution in [0.25, 0.3) is 0 Å². The minimum absolute atomic E-state index is 0.0353. The molecule has 2 rings (SSSR count). The van der Waals surface area contributed by atoms with E-state index in [1.807, 2.05) is 25.1 Å². The fourth-order valence-electron chi connectivity index (χ4n) is 2.02. The summed E-state index contributed by atoms with van der Waals surface area (Å²) in [6.45, 7) is 2.29. The zero-order valence-electron chi connectivity index (χ0n) is 12.5. The topological polar surface area (TPSA) is 55.5 Å². The molecule has 0 spiro atoms. The summed E-state index contributed by atoms with van der Waals surface area (Å²) in [5.41, 5.74) is 7.84. The van der Waals surface area contributed by atoms with E-state index in [9.17, 15) is 0 Å². The number of aliphatic hydroxyl groups is 1. The van der Waals surface area contributed by atoms with Crippen LogP contribution in [0, 0.1) is 0 Å². The fraction of sp³-hybridized carbons (Fsp3) is 0.333. The third-order valence-electron chi connectivity index (χ3n) is 3.48. The Morgan fingerprint density at radius 1 is 1.00 bits per heavy atom. The van der Waals surface area contributed by atoms with Gasteiger partial charge in [0.1, 0.15) is 5.75 Å². The van der Waals surface area contributed by atoms with Crippen LogP contribution in [0.3, 0.4) is 0 Å². The highest BCUT2D eigenvalue weighted by atomic mass is 16.5. The number of nitrogens with two attached hydrogens (primary N) is 1. The second-order valence-electron chi connectivity index (χ2n) is 5.72. The summed E-state index contributed by atoms with van der Waals surface area (Å²) in [6, 6.07) is 18.5. The van der Waals surface area contributed by atoms with Crippen molar-refractivity contribution < 1.29 is 9.84 Å². The molecule has 0 aromatic heterocycles. The lowest BCUT2D eigenvalue weighted by Gasteiger charge is -2.21. The van der Waals surface area contributed by atoms with Crippen LogP contribution in [0.1, 0.15) is 24.5 Å². The molecule has 0 bridgehead atoms. The summed E-state index contributed by atoms with van der Waals surface area (Å²) in [5.74, 6) is 0.834. The molecule has 0 saturated carbocycles. The molecule has 0 fully saturated rings. The van der Waals surface area contributed by atoms with Crippen LogP contribution < -0.4 is 10.5 Å². The van der Waals surface area contributed by atoms with Gasteiger partial charge in [-0.25, -0.2) is 0 Å². The van der Waals surface area contributed by atoms with Gasteiger partial charge in [0.25, 0.3) is 0 Å². The molecule has 0 aliphatic rings. The van der Waals surface area contributed by atoms with Crippen LogP contribution in [0.15, 0.2) is 54.6 Å². The molecular formula is C18H23NO2. The van der Waals surface area contributed by atoms with Gasteiger partial charge in [-0.1, -0.05) is 42.5 Å². The number of hydrogen-bond acceptors (Lipinski definition) is 3. The Kier molecular flexibility index (Phi) is 5.37. The summed E-state index contributed by atoms with van der Waals surface area (Å²) in [4.78, 5) is 0. The van der Waals surface area contributed by atoms with E-state index in [0.29, 0.717) is 13.0 Å². The van der Waals surface area contributed by atoms with Crippen LogP contribution in [0.5, 0.6) is 5.75 Å². The summed E-state index contributed by atoms with van der Waals surface area (Å²) < 4.78 is 5.66. The van der Waals surface area contributed by atoms with Gasteiger partial charge in [-0.15, -0.1) is 0 Å². The highest BCUT2D eigenvalue weighted by Gasteiger charge is 2.16. The van der Waals surface area contributed by atoms with Gasteiger partial charge < -0.3 is 15.6 Å². The number of aliphatic hydroxyl groups excluding tert-OH is 1. The first-order chi connectivity index (χ1) is 10.1. The third kappa shape index (κ3) is 5.21. The lowest BCUT2D eigenvalue weighted by Crippen LogP contribution is -2.41. The van der Waals surface area contributed by atoms with Crippen molar-refractivity contribution in [1.29, 1.82) is 0 Å². The van der Waals surface area contributed by atoms with E-state index in [2.05, 4.69) is 36.4 Å². The standard InChI is InChI=1S/C18H23NO2/c1-18(19,14-20)11-12-21-17-9-7-16(8-10-17)13-15-5-3-2-4-6-15/h2-10,20H,11-14,19H2,1H3. The molecule has 0 heterocycles. The van der Waals surface area contributed by atoms with Gasteiger partial charge in [0.15, 0.2) is 0 Å². The van der Waals surface area contributed by atoms with Crippen LogP contribution in [0.2, 0.25) is 0 Å². The Labute approximate surface area is 126 Å². The molecule has 0 aliphatic heterocycles. The summed E-state index contributed by atoms with van der Waals surface area (Å²) in [5, 5.41) is 9.09. The lowest BCUT2D eigenvalue weighted by atomic mass is 10.0. The van der Waals surface area contributed by atoms with Crippen LogP contribution in [-0.4, -0.2) is 23.9 Å². The van der Waals surface area contributed by atoms with Gasteiger partial charge in [-0.05, 0) is 36.6 Å². The van der Waals surface area contributed by atoms with Crippen molar-refractivity contribution in [3.05, 3.63) is 65.7 Å². The van der Waals surface area contributed by atoms with E-state index in [4.69, 9.17) is 15.6 Å². The van der Waals surface area contributed by atoms with Crippen molar-refractivity contribution in [3.63, 3.8) is 0 Å². The summed E-state index contributed by atoms with van der Waals surface area (Å²) >= 11 is 0. The molecule has 1 unspecified atom stereocenters. The summed E-state index contributed by atoms with van der Waals surface area (Å²) in [7, 11) is 0. The third-order valence-corrected chi connectivity index (χ3v) is 3.48.